The number of nitrogens with zero attached hydrogens (tertiary/aromatic N) is 4. The molecule has 0 saturated heterocycles. The Morgan fingerprint density at radius 3 is 2.82 bits per heavy atom. The third kappa shape index (κ3) is 2.77. The first kappa shape index (κ1) is 11.5. The molecule has 0 bridgehead atoms. The van der Waals surface area contributed by atoms with Crippen molar-refractivity contribution in [3.8, 4) is 11.5 Å². The van der Waals surface area contributed by atoms with Crippen molar-refractivity contribution in [2.24, 2.45) is 0 Å². The maximum absolute atomic E-state index is 4.43. The molecular weight excluding hydrogens is 216 g/mol. The molecule has 0 amide bonds. The third-order valence-electron chi connectivity index (χ3n) is 2.34. The number of hydrogen-bond acceptors (Lipinski definition) is 5. The van der Waals surface area contributed by atoms with Gasteiger partial charge in [0.05, 0.1) is 6.20 Å². The Hall–Kier alpha value is -1.98. The van der Waals surface area contributed by atoms with E-state index in [4.69, 9.17) is 0 Å². The topological polar surface area (TPSA) is 79.4 Å². The Bertz CT molecular complexity index is 465. The number of aromatic amines is 1. The van der Waals surface area contributed by atoms with Gasteiger partial charge in [0.2, 0.25) is 0 Å². The molecule has 0 saturated carbocycles. The molecule has 0 aliphatic rings. The molecule has 2 aromatic heterocycles. The number of H-pyrrole nitrogens is 1. The zero-order chi connectivity index (χ0) is 12.1. The first-order valence-electron chi connectivity index (χ1n) is 5.81. The molecule has 0 atom stereocenters. The average molecular weight is 232 g/mol. The van der Waals surface area contributed by atoms with Gasteiger partial charge in [-0.2, -0.15) is 15.4 Å². The van der Waals surface area contributed by atoms with Crippen LogP contribution in [0, 0.1) is 0 Å². The van der Waals surface area contributed by atoms with Crippen LogP contribution in [-0.4, -0.2) is 31.9 Å². The van der Waals surface area contributed by atoms with Crippen molar-refractivity contribution in [1.29, 1.82) is 0 Å². The van der Waals surface area contributed by atoms with E-state index in [-0.39, 0.29) is 0 Å². The number of aryl methyl sites for hydroxylation is 1. The highest BCUT2D eigenvalue weighted by Gasteiger charge is 2.08. The number of rotatable bonds is 5. The number of anilines is 1. The number of aromatic nitrogens is 5. The summed E-state index contributed by atoms with van der Waals surface area (Å²) in [6, 6.07) is 1.97. The van der Waals surface area contributed by atoms with Crippen LogP contribution in [0.25, 0.3) is 11.5 Å². The molecule has 0 fully saturated rings. The molecule has 90 valence electrons. The van der Waals surface area contributed by atoms with Crippen molar-refractivity contribution in [3.05, 3.63) is 18.0 Å². The highest BCUT2D eigenvalue weighted by Crippen LogP contribution is 2.15. The summed E-state index contributed by atoms with van der Waals surface area (Å²) >= 11 is 0. The van der Waals surface area contributed by atoms with Crippen molar-refractivity contribution in [1.82, 2.24) is 25.4 Å². The highest BCUT2D eigenvalue weighted by atomic mass is 15.3. The van der Waals surface area contributed by atoms with Gasteiger partial charge in [-0.3, -0.25) is 0 Å². The van der Waals surface area contributed by atoms with Crippen molar-refractivity contribution in [2.45, 2.75) is 26.7 Å². The van der Waals surface area contributed by atoms with E-state index in [0.29, 0.717) is 11.5 Å². The summed E-state index contributed by atoms with van der Waals surface area (Å²) in [4.78, 5) is 8.85. The van der Waals surface area contributed by atoms with Gasteiger partial charge < -0.3 is 5.32 Å². The minimum absolute atomic E-state index is 0.608. The van der Waals surface area contributed by atoms with Crippen LogP contribution in [0.4, 0.5) is 5.82 Å². The molecule has 0 unspecified atom stereocenters. The number of hydrogen-bond donors (Lipinski definition) is 2. The fourth-order valence-electron chi connectivity index (χ4n) is 1.45. The first-order valence-corrected chi connectivity index (χ1v) is 5.81. The minimum atomic E-state index is 0.608. The molecule has 2 rings (SSSR count). The minimum Gasteiger partial charge on any atom is -0.370 e. The van der Waals surface area contributed by atoms with E-state index in [1.165, 1.54) is 0 Å². The van der Waals surface area contributed by atoms with Gasteiger partial charge in [-0.05, 0) is 12.8 Å². The van der Waals surface area contributed by atoms with Gasteiger partial charge in [-0.15, -0.1) is 0 Å². The lowest BCUT2D eigenvalue weighted by atomic mass is 10.3. The first-order chi connectivity index (χ1) is 8.33. The monoisotopic (exact) mass is 232 g/mol. The molecule has 17 heavy (non-hydrogen) atoms. The van der Waals surface area contributed by atoms with E-state index in [0.717, 1.165) is 30.9 Å². The summed E-state index contributed by atoms with van der Waals surface area (Å²) < 4.78 is 0. The van der Waals surface area contributed by atoms with Gasteiger partial charge in [0.1, 0.15) is 11.5 Å². The molecule has 6 heteroatoms. The quantitative estimate of drug-likeness (QED) is 0.819. The van der Waals surface area contributed by atoms with Gasteiger partial charge >= 0.3 is 0 Å². The Labute approximate surface area is 99.9 Å². The van der Waals surface area contributed by atoms with E-state index >= 15 is 0 Å². The largest absolute Gasteiger partial charge is 0.370 e. The molecule has 2 N–H and O–H groups in total. The Morgan fingerprint density at radius 2 is 2.18 bits per heavy atom. The zero-order valence-electron chi connectivity index (χ0n) is 10.1. The second-order valence-corrected chi connectivity index (χ2v) is 3.70. The summed E-state index contributed by atoms with van der Waals surface area (Å²) in [5.41, 5.74) is 1.66. The fourth-order valence-corrected chi connectivity index (χ4v) is 1.45. The van der Waals surface area contributed by atoms with Gasteiger partial charge in [-0.25, -0.2) is 9.97 Å². The van der Waals surface area contributed by atoms with Crippen molar-refractivity contribution in [3.63, 3.8) is 0 Å². The Kier molecular flexibility index (Phi) is 3.64. The van der Waals surface area contributed by atoms with Gasteiger partial charge in [0.15, 0.2) is 5.82 Å². The molecule has 2 aromatic rings. The zero-order valence-corrected chi connectivity index (χ0v) is 10.1. The summed E-state index contributed by atoms with van der Waals surface area (Å²) in [7, 11) is 0. The molecule has 6 nitrogen and oxygen atoms in total. The molecule has 0 aromatic carbocycles. The van der Waals surface area contributed by atoms with E-state index in [9.17, 15) is 0 Å². The summed E-state index contributed by atoms with van der Waals surface area (Å²) in [5, 5.41) is 13.6. The van der Waals surface area contributed by atoms with E-state index in [1.54, 1.807) is 6.20 Å². The van der Waals surface area contributed by atoms with Crippen LogP contribution in [0.15, 0.2) is 12.3 Å². The van der Waals surface area contributed by atoms with Crippen LogP contribution >= 0.6 is 0 Å². The van der Waals surface area contributed by atoms with Crippen molar-refractivity contribution < 1.29 is 0 Å². The SMILES string of the molecule is CCCNc1cc(CC)nc(-c2cn[nH]n2)n1. The summed E-state index contributed by atoms with van der Waals surface area (Å²) in [6.45, 7) is 5.09. The van der Waals surface area contributed by atoms with Crippen LogP contribution < -0.4 is 5.32 Å². The molecule has 0 spiro atoms. The molecule has 0 aliphatic heterocycles. The molecule has 0 radical (unpaired) electrons. The maximum atomic E-state index is 4.43. The van der Waals surface area contributed by atoms with Crippen LogP contribution in [-0.2, 0) is 6.42 Å². The average Bonchev–Trinajstić information content (AvgIpc) is 2.89. The van der Waals surface area contributed by atoms with Crippen LogP contribution in [0.2, 0.25) is 0 Å². The highest BCUT2D eigenvalue weighted by molar-refractivity contribution is 5.51. The Morgan fingerprint density at radius 1 is 1.29 bits per heavy atom. The lowest BCUT2D eigenvalue weighted by molar-refractivity contribution is 0.929. The van der Waals surface area contributed by atoms with Gasteiger partial charge in [0.25, 0.3) is 0 Å². The number of nitrogens with one attached hydrogen (secondary N) is 2. The second-order valence-electron chi connectivity index (χ2n) is 3.70. The van der Waals surface area contributed by atoms with Gasteiger partial charge in [0, 0.05) is 18.3 Å². The van der Waals surface area contributed by atoms with Crippen LogP contribution in [0.3, 0.4) is 0 Å². The van der Waals surface area contributed by atoms with Crippen LogP contribution in [0.1, 0.15) is 26.0 Å². The fraction of sp³-hybridized carbons (Fsp3) is 0.455. The van der Waals surface area contributed by atoms with Gasteiger partial charge in [-0.1, -0.05) is 13.8 Å². The molecule has 2 heterocycles. The lowest BCUT2D eigenvalue weighted by Gasteiger charge is -2.07. The normalized spacial score (nSPS) is 10.5. The van der Waals surface area contributed by atoms with Crippen molar-refractivity contribution in [2.75, 3.05) is 11.9 Å². The van der Waals surface area contributed by atoms with E-state index < -0.39 is 0 Å². The lowest BCUT2D eigenvalue weighted by Crippen LogP contribution is -2.05. The van der Waals surface area contributed by atoms with Crippen molar-refractivity contribution >= 4 is 5.82 Å². The van der Waals surface area contributed by atoms with E-state index in [1.807, 2.05) is 6.07 Å². The predicted molar refractivity (Wildman–Crippen MR) is 65.6 cm³/mol. The third-order valence-corrected chi connectivity index (χ3v) is 2.34. The Balaban J connectivity index is 2.32. The van der Waals surface area contributed by atoms with E-state index in [2.05, 4.69) is 44.5 Å². The van der Waals surface area contributed by atoms with Crippen LogP contribution in [0.5, 0.6) is 0 Å². The maximum Gasteiger partial charge on any atom is 0.183 e. The summed E-state index contributed by atoms with van der Waals surface area (Å²) in [6.07, 6.45) is 3.55. The molecular formula is C11H16N6. The second kappa shape index (κ2) is 5.38. The standard InChI is InChI=1S/C11H16N6/c1-3-5-12-10-6-8(4-2)14-11(15-10)9-7-13-17-16-9/h6-7H,3-5H2,1-2H3,(H,12,14,15)(H,13,16,17). The smallest absolute Gasteiger partial charge is 0.183 e. The molecule has 0 aliphatic carbocycles. The predicted octanol–water partition coefficient (Wildman–Crippen LogP) is 1.65. The summed E-state index contributed by atoms with van der Waals surface area (Å²) in [5.74, 6) is 1.45.